The van der Waals surface area contributed by atoms with Gasteiger partial charge in [0.05, 0.1) is 22.1 Å². The first-order valence-corrected chi connectivity index (χ1v) is 14.2. The van der Waals surface area contributed by atoms with Crippen LogP contribution in [0.2, 0.25) is 0 Å². The van der Waals surface area contributed by atoms with E-state index < -0.39 is 59.6 Å². The van der Waals surface area contributed by atoms with Gasteiger partial charge in [0.15, 0.2) is 5.78 Å². The van der Waals surface area contributed by atoms with Gasteiger partial charge in [-0.25, -0.2) is 4.79 Å². The molecular formula is C30H40O11. The first-order valence-electron chi connectivity index (χ1n) is 14.2. The smallest absolute Gasteiger partial charge is 0.335 e. The summed E-state index contributed by atoms with van der Waals surface area (Å²) in [6, 6.07) is 2.15. The van der Waals surface area contributed by atoms with E-state index in [9.17, 15) is 45.3 Å². The summed E-state index contributed by atoms with van der Waals surface area (Å²) < 4.78 is 11.9. The van der Waals surface area contributed by atoms with Gasteiger partial charge in [-0.05, 0) is 51.2 Å². The molecule has 1 aliphatic heterocycles. The number of carbonyl (C=O) groups is 2. The summed E-state index contributed by atoms with van der Waals surface area (Å²) in [6.45, 7) is 4.66. The standard InChI is InChI=1S/C30H40O11/c1-4-5-6-9-17-10-7-8-11-30(17,39)27-25(35)24(34)26(36)29(41-27)40-19-13-16(28(37)38)12-18-21(19)23(33)20(15(3)31)14(2)22(18)32/h12-13,17,24-27,29,32-36,39H,4-11H2,1-3H3,(H,37,38)/t17-,24-,25-,26+,27-,29+,30+/m0/s1. The van der Waals surface area contributed by atoms with Crippen molar-refractivity contribution in [2.24, 2.45) is 5.92 Å². The molecule has 0 bridgehead atoms. The van der Waals surface area contributed by atoms with Gasteiger partial charge in [0.1, 0.15) is 41.7 Å². The molecule has 4 rings (SSSR count). The number of aromatic hydroxyl groups is 2. The average molecular weight is 577 g/mol. The summed E-state index contributed by atoms with van der Waals surface area (Å²) in [6.07, 6.45) is -2.24. The number of aliphatic hydroxyl groups excluding tert-OH is 3. The summed E-state index contributed by atoms with van der Waals surface area (Å²) >= 11 is 0. The molecule has 11 heteroatoms. The molecule has 2 aromatic carbocycles. The molecule has 1 heterocycles. The maximum Gasteiger partial charge on any atom is 0.335 e. The molecule has 11 nitrogen and oxygen atoms in total. The van der Waals surface area contributed by atoms with Crippen molar-refractivity contribution in [2.75, 3.05) is 0 Å². The fourth-order valence-electron chi connectivity index (χ4n) is 6.46. The van der Waals surface area contributed by atoms with Crippen LogP contribution in [0.4, 0.5) is 0 Å². The molecule has 1 saturated carbocycles. The Morgan fingerprint density at radius 3 is 2.39 bits per heavy atom. The third-order valence-corrected chi connectivity index (χ3v) is 8.71. The molecule has 2 aliphatic rings. The number of ether oxygens (including phenoxy) is 2. The van der Waals surface area contributed by atoms with Crippen LogP contribution in [0.15, 0.2) is 12.1 Å². The molecule has 41 heavy (non-hydrogen) atoms. The minimum absolute atomic E-state index is 0.0391. The number of fused-ring (bicyclic) bond motifs is 1. The van der Waals surface area contributed by atoms with Crippen molar-refractivity contribution in [3.8, 4) is 17.2 Å². The fourth-order valence-corrected chi connectivity index (χ4v) is 6.46. The highest BCUT2D eigenvalue weighted by Gasteiger charge is 2.56. The Kier molecular flexibility index (Phi) is 9.15. The SMILES string of the molecule is CCCCC[C@H]1CCCC[C@]1(O)[C@H]1O[C@@H](Oc2cc(C(=O)O)cc3c(O)c(C)c(C(C)=O)c(O)c23)[C@H](O)[C@@H](O)[C@@H]1O. The number of rotatable bonds is 9. The number of hydrogen-bond acceptors (Lipinski definition) is 10. The zero-order valence-electron chi connectivity index (χ0n) is 23.5. The van der Waals surface area contributed by atoms with Crippen LogP contribution in [0.1, 0.15) is 91.5 Å². The molecule has 2 aromatic rings. The van der Waals surface area contributed by atoms with Crippen LogP contribution in [-0.4, -0.2) is 83.8 Å². The van der Waals surface area contributed by atoms with Gasteiger partial charge in [-0.1, -0.05) is 39.0 Å². The van der Waals surface area contributed by atoms with Crippen LogP contribution < -0.4 is 4.74 Å². The third kappa shape index (κ3) is 5.61. The number of carbonyl (C=O) groups excluding carboxylic acids is 1. The van der Waals surface area contributed by atoms with Crippen LogP contribution in [0.5, 0.6) is 17.2 Å². The van der Waals surface area contributed by atoms with Crippen LogP contribution >= 0.6 is 0 Å². The van der Waals surface area contributed by atoms with Crippen LogP contribution in [-0.2, 0) is 4.74 Å². The summed E-state index contributed by atoms with van der Waals surface area (Å²) in [4.78, 5) is 24.2. The maximum absolute atomic E-state index is 12.3. The molecular weight excluding hydrogens is 536 g/mol. The predicted molar refractivity (Wildman–Crippen MR) is 147 cm³/mol. The molecule has 0 spiro atoms. The lowest BCUT2D eigenvalue weighted by Crippen LogP contribution is -2.67. The molecule has 1 aliphatic carbocycles. The Labute approximate surface area is 238 Å². The zero-order valence-corrected chi connectivity index (χ0v) is 23.5. The van der Waals surface area contributed by atoms with E-state index in [0.29, 0.717) is 25.7 Å². The van der Waals surface area contributed by atoms with E-state index in [-0.39, 0.29) is 39.1 Å². The molecule has 0 radical (unpaired) electrons. The quantitative estimate of drug-likeness (QED) is 0.132. The van der Waals surface area contributed by atoms with E-state index in [1.165, 1.54) is 13.8 Å². The van der Waals surface area contributed by atoms with E-state index in [0.717, 1.165) is 37.8 Å². The Hall–Kier alpha value is -2.96. The zero-order chi connectivity index (χ0) is 30.2. The number of ketones is 1. The lowest BCUT2D eigenvalue weighted by Gasteiger charge is -2.51. The lowest BCUT2D eigenvalue weighted by atomic mass is 9.68. The number of phenols is 2. The van der Waals surface area contributed by atoms with E-state index in [2.05, 4.69) is 6.92 Å². The Bertz CT molecular complexity index is 1310. The van der Waals surface area contributed by atoms with Gasteiger partial charge >= 0.3 is 5.97 Å². The van der Waals surface area contributed by atoms with E-state index in [1.54, 1.807) is 0 Å². The second-order valence-corrected chi connectivity index (χ2v) is 11.4. The molecule has 2 fully saturated rings. The second kappa shape index (κ2) is 12.1. The molecule has 7 N–H and O–H groups in total. The van der Waals surface area contributed by atoms with Gasteiger partial charge in [0, 0.05) is 10.9 Å². The summed E-state index contributed by atoms with van der Waals surface area (Å²) in [5.74, 6) is -3.54. The third-order valence-electron chi connectivity index (χ3n) is 8.71. The van der Waals surface area contributed by atoms with Gasteiger partial charge in [-0.15, -0.1) is 0 Å². The minimum atomic E-state index is -1.83. The van der Waals surface area contributed by atoms with Crippen molar-refractivity contribution in [1.29, 1.82) is 0 Å². The number of carboxylic acids is 1. The largest absolute Gasteiger partial charge is 0.507 e. The van der Waals surface area contributed by atoms with Crippen molar-refractivity contribution in [3.63, 3.8) is 0 Å². The molecule has 226 valence electrons. The number of Topliss-reactive ketones (excluding diaryl/α,β-unsaturated/α-hetero) is 1. The van der Waals surface area contributed by atoms with E-state index >= 15 is 0 Å². The van der Waals surface area contributed by atoms with Crippen LogP contribution in [0, 0.1) is 12.8 Å². The van der Waals surface area contributed by atoms with Crippen molar-refractivity contribution in [1.82, 2.24) is 0 Å². The Balaban J connectivity index is 1.79. The summed E-state index contributed by atoms with van der Waals surface area (Å²) in [5.41, 5.74) is -2.02. The van der Waals surface area contributed by atoms with Crippen LogP contribution in [0.3, 0.4) is 0 Å². The molecule has 7 atom stereocenters. The number of aromatic carboxylic acids is 1. The maximum atomic E-state index is 12.3. The van der Waals surface area contributed by atoms with Crippen molar-refractivity contribution >= 4 is 22.5 Å². The van der Waals surface area contributed by atoms with Gasteiger partial charge in [0.25, 0.3) is 0 Å². The Morgan fingerprint density at radius 1 is 1.05 bits per heavy atom. The van der Waals surface area contributed by atoms with E-state index in [1.807, 2.05) is 0 Å². The average Bonchev–Trinajstić information content (AvgIpc) is 2.92. The molecule has 0 amide bonds. The number of hydrogen-bond donors (Lipinski definition) is 7. The molecule has 0 aromatic heterocycles. The first kappa shape index (κ1) is 31.0. The Morgan fingerprint density at radius 2 is 1.76 bits per heavy atom. The fraction of sp³-hybridized carbons (Fsp3) is 0.600. The van der Waals surface area contributed by atoms with Gasteiger partial charge in [-0.2, -0.15) is 0 Å². The van der Waals surface area contributed by atoms with Gasteiger partial charge in [-0.3, -0.25) is 4.79 Å². The highest BCUT2D eigenvalue weighted by Crippen LogP contribution is 2.47. The molecule has 1 saturated heterocycles. The van der Waals surface area contributed by atoms with E-state index in [4.69, 9.17) is 9.47 Å². The lowest BCUT2D eigenvalue weighted by molar-refractivity contribution is -0.315. The van der Waals surface area contributed by atoms with Gasteiger partial charge < -0.3 is 45.2 Å². The highest BCUT2D eigenvalue weighted by molar-refractivity contribution is 6.11. The van der Waals surface area contributed by atoms with Gasteiger partial charge in [0.2, 0.25) is 6.29 Å². The first-order chi connectivity index (χ1) is 19.3. The number of phenolic OH excluding ortho intramolecular Hbond substituents is 2. The summed E-state index contributed by atoms with van der Waals surface area (Å²) in [5, 5.41) is 75.8. The number of benzene rings is 2. The van der Waals surface area contributed by atoms with Crippen molar-refractivity contribution in [3.05, 3.63) is 28.8 Å². The number of aliphatic hydroxyl groups is 4. The topological polar surface area (TPSA) is 194 Å². The number of unbranched alkanes of at least 4 members (excludes halogenated alkanes) is 2. The summed E-state index contributed by atoms with van der Waals surface area (Å²) in [7, 11) is 0. The minimum Gasteiger partial charge on any atom is -0.507 e. The van der Waals surface area contributed by atoms with Crippen molar-refractivity contribution < 1.29 is 54.8 Å². The monoisotopic (exact) mass is 576 g/mol. The number of carboxylic acid groups (broad SMARTS) is 1. The predicted octanol–water partition coefficient (Wildman–Crippen LogP) is 3.15. The highest BCUT2D eigenvalue weighted by atomic mass is 16.7. The molecule has 0 unspecified atom stereocenters. The second-order valence-electron chi connectivity index (χ2n) is 11.4. The van der Waals surface area contributed by atoms with Crippen LogP contribution in [0.25, 0.3) is 10.8 Å². The van der Waals surface area contributed by atoms with Crippen molar-refractivity contribution in [2.45, 2.75) is 108 Å². The normalized spacial score (nSPS) is 30.3.